The number of methoxy groups -OCH3 is 1. The van der Waals surface area contributed by atoms with E-state index in [0.717, 1.165) is 5.69 Å². The number of aliphatic hydroxyl groups is 1. The maximum Gasteiger partial charge on any atom is 0.214 e. The highest BCUT2D eigenvalue weighted by atomic mass is 32.2. The summed E-state index contributed by atoms with van der Waals surface area (Å²) >= 11 is 1.37. The van der Waals surface area contributed by atoms with Crippen molar-refractivity contribution in [2.24, 2.45) is 0 Å². The molecule has 7 nitrogen and oxygen atoms in total. The van der Waals surface area contributed by atoms with E-state index in [1.165, 1.54) is 11.8 Å². The minimum absolute atomic E-state index is 0.153. The average molecular weight is 358 g/mol. The quantitative estimate of drug-likeness (QED) is 0.618. The Morgan fingerprint density at radius 3 is 2.56 bits per heavy atom. The zero-order valence-electron chi connectivity index (χ0n) is 13.6. The zero-order chi connectivity index (χ0) is 17.5. The molecule has 2 aromatic carbocycles. The van der Waals surface area contributed by atoms with Crippen LogP contribution >= 0.6 is 11.8 Å². The lowest BCUT2D eigenvalue weighted by atomic mass is 10.3. The molecule has 1 aromatic heterocycles. The van der Waals surface area contributed by atoms with Gasteiger partial charge in [-0.2, -0.15) is 4.68 Å². The molecule has 1 unspecified atom stereocenters. The van der Waals surface area contributed by atoms with Crippen molar-refractivity contribution in [1.29, 1.82) is 0 Å². The molecule has 130 valence electrons. The summed E-state index contributed by atoms with van der Waals surface area (Å²) in [6, 6.07) is 16.9. The first-order chi connectivity index (χ1) is 12.3. The van der Waals surface area contributed by atoms with E-state index in [4.69, 9.17) is 9.47 Å². The van der Waals surface area contributed by atoms with Crippen molar-refractivity contribution in [2.75, 3.05) is 19.5 Å². The molecule has 0 saturated heterocycles. The number of tetrazole rings is 1. The van der Waals surface area contributed by atoms with Gasteiger partial charge in [0.25, 0.3) is 0 Å². The van der Waals surface area contributed by atoms with E-state index in [0.29, 0.717) is 22.4 Å². The molecule has 0 aliphatic rings. The fourth-order valence-corrected chi connectivity index (χ4v) is 2.94. The van der Waals surface area contributed by atoms with Gasteiger partial charge in [0.1, 0.15) is 6.61 Å². The summed E-state index contributed by atoms with van der Waals surface area (Å²) in [5.41, 5.74) is 0.870. The van der Waals surface area contributed by atoms with Crippen LogP contribution in [-0.2, 0) is 0 Å². The van der Waals surface area contributed by atoms with Gasteiger partial charge in [-0.15, -0.1) is 5.10 Å². The lowest BCUT2D eigenvalue weighted by molar-refractivity contribution is 0.124. The number of aliphatic hydroxyl groups excluding tert-OH is 1. The van der Waals surface area contributed by atoms with Gasteiger partial charge in [0.2, 0.25) is 5.16 Å². The third-order valence-electron chi connectivity index (χ3n) is 3.35. The molecule has 0 aliphatic carbocycles. The maximum absolute atomic E-state index is 10.2. The average Bonchev–Trinajstić information content (AvgIpc) is 3.14. The number of rotatable bonds is 8. The van der Waals surface area contributed by atoms with E-state index in [2.05, 4.69) is 15.5 Å². The zero-order valence-corrected chi connectivity index (χ0v) is 14.5. The number of hydrogen-bond acceptors (Lipinski definition) is 7. The molecule has 0 aliphatic heterocycles. The summed E-state index contributed by atoms with van der Waals surface area (Å²) < 4.78 is 12.5. The summed E-state index contributed by atoms with van der Waals surface area (Å²) in [7, 11) is 1.58. The highest BCUT2D eigenvalue weighted by Crippen LogP contribution is 2.26. The first-order valence-electron chi connectivity index (χ1n) is 7.68. The second kappa shape index (κ2) is 8.50. The van der Waals surface area contributed by atoms with Gasteiger partial charge >= 0.3 is 0 Å². The number of para-hydroxylation sites is 3. The summed E-state index contributed by atoms with van der Waals surface area (Å²) in [4.78, 5) is 0. The van der Waals surface area contributed by atoms with Gasteiger partial charge in [0, 0.05) is 5.75 Å². The second-order valence-corrected chi connectivity index (χ2v) is 6.12. The minimum Gasteiger partial charge on any atom is -0.493 e. The predicted octanol–water partition coefficient (Wildman–Crippen LogP) is 2.20. The Morgan fingerprint density at radius 2 is 1.80 bits per heavy atom. The predicted molar refractivity (Wildman–Crippen MR) is 94.4 cm³/mol. The van der Waals surface area contributed by atoms with E-state index >= 15 is 0 Å². The molecule has 1 heterocycles. The van der Waals surface area contributed by atoms with Gasteiger partial charge in [-0.3, -0.25) is 0 Å². The van der Waals surface area contributed by atoms with Crippen molar-refractivity contribution in [2.45, 2.75) is 11.3 Å². The standard InChI is InChI=1S/C17H18N4O3S/c1-23-15-9-5-6-10-16(15)24-11-14(22)12-25-17-18-19-20-21(17)13-7-3-2-4-8-13/h2-10,14,22H,11-12H2,1H3. The van der Waals surface area contributed by atoms with E-state index in [-0.39, 0.29) is 6.61 Å². The van der Waals surface area contributed by atoms with Crippen LogP contribution in [0, 0.1) is 0 Å². The molecule has 1 atom stereocenters. The molecule has 0 bridgehead atoms. The smallest absolute Gasteiger partial charge is 0.214 e. The van der Waals surface area contributed by atoms with E-state index in [1.807, 2.05) is 48.5 Å². The van der Waals surface area contributed by atoms with Crippen LogP contribution in [0.3, 0.4) is 0 Å². The number of thioether (sulfide) groups is 1. The van der Waals surface area contributed by atoms with E-state index in [1.54, 1.807) is 17.9 Å². The molecular formula is C17H18N4O3S. The van der Waals surface area contributed by atoms with Crippen LogP contribution in [0.25, 0.3) is 5.69 Å². The summed E-state index contributed by atoms with van der Waals surface area (Å²) in [5, 5.41) is 22.5. The van der Waals surface area contributed by atoms with Gasteiger partial charge in [0.05, 0.1) is 18.9 Å². The molecule has 8 heteroatoms. The summed E-state index contributed by atoms with van der Waals surface area (Å²) in [5.74, 6) is 1.64. The van der Waals surface area contributed by atoms with E-state index in [9.17, 15) is 5.11 Å². The molecule has 0 amide bonds. The van der Waals surface area contributed by atoms with Gasteiger partial charge < -0.3 is 14.6 Å². The molecular weight excluding hydrogens is 340 g/mol. The molecule has 3 rings (SSSR count). The lowest BCUT2D eigenvalue weighted by Gasteiger charge is -2.14. The van der Waals surface area contributed by atoms with Gasteiger partial charge in [-0.25, -0.2) is 0 Å². The summed E-state index contributed by atoms with van der Waals surface area (Å²) in [6.07, 6.45) is -0.671. The van der Waals surface area contributed by atoms with E-state index < -0.39 is 6.10 Å². The van der Waals surface area contributed by atoms with Crippen LogP contribution in [0.1, 0.15) is 0 Å². The Kier molecular flexibility index (Phi) is 5.86. The van der Waals surface area contributed by atoms with Crippen LogP contribution in [-0.4, -0.2) is 50.9 Å². The van der Waals surface area contributed by atoms with Crippen LogP contribution in [0.15, 0.2) is 59.8 Å². The van der Waals surface area contributed by atoms with Crippen molar-refractivity contribution in [3.8, 4) is 17.2 Å². The van der Waals surface area contributed by atoms with Crippen molar-refractivity contribution >= 4 is 11.8 Å². The molecule has 0 fully saturated rings. The van der Waals surface area contributed by atoms with Crippen LogP contribution < -0.4 is 9.47 Å². The molecule has 0 saturated carbocycles. The van der Waals surface area contributed by atoms with Crippen LogP contribution in [0.2, 0.25) is 0 Å². The van der Waals surface area contributed by atoms with Gasteiger partial charge in [-0.1, -0.05) is 42.1 Å². The lowest BCUT2D eigenvalue weighted by Crippen LogP contribution is -2.20. The Bertz CT molecular complexity index is 797. The SMILES string of the molecule is COc1ccccc1OCC(O)CSc1nnnn1-c1ccccc1. The summed E-state index contributed by atoms with van der Waals surface area (Å²) in [6.45, 7) is 0.153. The molecule has 3 aromatic rings. The molecule has 0 spiro atoms. The Labute approximate surface area is 149 Å². The number of nitrogens with zero attached hydrogens (tertiary/aromatic N) is 4. The fraction of sp³-hybridized carbons (Fsp3) is 0.235. The number of ether oxygens (including phenoxy) is 2. The van der Waals surface area contributed by atoms with Crippen LogP contribution in [0.5, 0.6) is 11.5 Å². The first-order valence-corrected chi connectivity index (χ1v) is 8.67. The largest absolute Gasteiger partial charge is 0.493 e. The van der Waals surface area contributed by atoms with Crippen molar-refractivity contribution < 1.29 is 14.6 Å². The highest BCUT2D eigenvalue weighted by molar-refractivity contribution is 7.99. The second-order valence-electron chi connectivity index (χ2n) is 5.14. The Balaban J connectivity index is 1.55. The minimum atomic E-state index is -0.671. The van der Waals surface area contributed by atoms with Crippen molar-refractivity contribution in [3.05, 3.63) is 54.6 Å². The third-order valence-corrected chi connectivity index (χ3v) is 4.41. The number of benzene rings is 2. The molecule has 0 radical (unpaired) electrons. The van der Waals surface area contributed by atoms with Crippen molar-refractivity contribution in [3.63, 3.8) is 0 Å². The number of aromatic nitrogens is 4. The third kappa shape index (κ3) is 4.49. The number of hydrogen-bond donors (Lipinski definition) is 1. The highest BCUT2D eigenvalue weighted by Gasteiger charge is 2.13. The van der Waals surface area contributed by atoms with Gasteiger partial charge in [-0.05, 0) is 34.7 Å². The Morgan fingerprint density at radius 1 is 1.08 bits per heavy atom. The Hall–Kier alpha value is -2.58. The van der Waals surface area contributed by atoms with Crippen molar-refractivity contribution in [1.82, 2.24) is 20.2 Å². The van der Waals surface area contributed by atoms with Crippen LogP contribution in [0.4, 0.5) is 0 Å². The fourth-order valence-electron chi connectivity index (χ4n) is 2.14. The normalized spacial score (nSPS) is 11.9. The topological polar surface area (TPSA) is 82.3 Å². The maximum atomic E-state index is 10.2. The molecule has 25 heavy (non-hydrogen) atoms. The first kappa shape index (κ1) is 17.2. The molecule has 1 N–H and O–H groups in total. The van der Waals surface area contributed by atoms with Gasteiger partial charge in [0.15, 0.2) is 11.5 Å². The monoisotopic (exact) mass is 358 g/mol.